The fourth-order valence-corrected chi connectivity index (χ4v) is 4.58. The Labute approximate surface area is 203 Å². The van der Waals surface area contributed by atoms with E-state index in [1.54, 1.807) is 18.3 Å². The molecule has 9 nitrogen and oxygen atoms in total. The minimum absolute atomic E-state index is 0.00474. The lowest BCUT2D eigenvalue weighted by molar-refractivity contribution is 0.0174. The first-order valence-electron chi connectivity index (χ1n) is 12.0. The molecule has 0 saturated carbocycles. The van der Waals surface area contributed by atoms with Crippen LogP contribution in [0.4, 0.5) is 16.0 Å². The second-order valence-corrected chi connectivity index (χ2v) is 9.28. The van der Waals surface area contributed by atoms with Crippen LogP contribution in [0.2, 0.25) is 0 Å². The SMILES string of the molecule is CC1CC(c2ncc(-c3nc(Nc4cccc(C(=O)N5CCN(C)CC5)c4)ncc3F)[nH]2)CCO1. The maximum atomic E-state index is 14.6. The van der Waals surface area contributed by atoms with Gasteiger partial charge in [0.15, 0.2) is 5.82 Å². The summed E-state index contributed by atoms with van der Waals surface area (Å²) >= 11 is 0. The molecule has 2 atom stereocenters. The first kappa shape index (κ1) is 23.4. The topological polar surface area (TPSA) is 99.3 Å². The van der Waals surface area contributed by atoms with Gasteiger partial charge in [0.1, 0.15) is 11.5 Å². The maximum Gasteiger partial charge on any atom is 0.254 e. The van der Waals surface area contributed by atoms with E-state index < -0.39 is 5.82 Å². The summed E-state index contributed by atoms with van der Waals surface area (Å²) in [6.45, 7) is 5.87. The van der Waals surface area contributed by atoms with Gasteiger partial charge in [0.05, 0.1) is 24.2 Å². The molecule has 0 radical (unpaired) electrons. The molecule has 2 fully saturated rings. The van der Waals surface area contributed by atoms with E-state index in [-0.39, 0.29) is 29.6 Å². The van der Waals surface area contributed by atoms with Gasteiger partial charge in [-0.15, -0.1) is 0 Å². The van der Waals surface area contributed by atoms with E-state index in [0.29, 0.717) is 36.6 Å². The number of benzene rings is 1. The molecule has 2 aliphatic rings. The van der Waals surface area contributed by atoms with Crippen LogP contribution in [-0.4, -0.2) is 81.6 Å². The standard InChI is InChI=1S/C25H30FN7O2/c1-16-12-17(6-11-35-16)23-27-15-21(30-23)22-20(26)14-28-25(31-22)29-19-5-3-4-18(13-19)24(34)33-9-7-32(2)8-10-33/h3-5,13-17H,6-12H2,1-2H3,(H,27,30)(H,28,29,31). The first-order chi connectivity index (χ1) is 17.0. The Morgan fingerprint density at radius 2 is 2.03 bits per heavy atom. The first-order valence-corrected chi connectivity index (χ1v) is 12.0. The predicted molar refractivity (Wildman–Crippen MR) is 130 cm³/mol. The van der Waals surface area contributed by atoms with Gasteiger partial charge in [0, 0.05) is 50.0 Å². The number of nitrogens with zero attached hydrogens (tertiary/aromatic N) is 5. The normalized spacial score (nSPS) is 21.2. The van der Waals surface area contributed by atoms with Crippen LogP contribution in [0.3, 0.4) is 0 Å². The second-order valence-electron chi connectivity index (χ2n) is 9.28. The fourth-order valence-electron chi connectivity index (χ4n) is 4.58. The summed E-state index contributed by atoms with van der Waals surface area (Å²) in [6.07, 6.45) is 4.67. The van der Waals surface area contributed by atoms with Crippen LogP contribution in [0.15, 0.2) is 36.7 Å². The molecular weight excluding hydrogens is 449 g/mol. The summed E-state index contributed by atoms with van der Waals surface area (Å²) < 4.78 is 20.3. The van der Waals surface area contributed by atoms with Crippen LogP contribution in [0.25, 0.3) is 11.4 Å². The molecular formula is C25H30FN7O2. The van der Waals surface area contributed by atoms with Crippen LogP contribution in [0.1, 0.15) is 41.9 Å². The molecule has 35 heavy (non-hydrogen) atoms. The van der Waals surface area contributed by atoms with Crippen molar-refractivity contribution in [3.05, 3.63) is 53.9 Å². The third kappa shape index (κ3) is 5.33. The van der Waals surface area contributed by atoms with E-state index in [9.17, 15) is 9.18 Å². The Morgan fingerprint density at radius 3 is 2.83 bits per heavy atom. The van der Waals surface area contributed by atoms with Crippen molar-refractivity contribution in [2.45, 2.75) is 31.8 Å². The Morgan fingerprint density at radius 1 is 1.20 bits per heavy atom. The van der Waals surface area contributed by atoms with E-state index in [1.165, 1.54) is 0 Å². The quantitative estimate of drug-likeness (QED) is 0.579. The number of rotatable bonds is 5. The lowest BCUT2D eigenvalue weighted by Gasteiger charge is -2.32. The van der Waals surface area contributed by atoms with Gasteiger partial charge in [-0.25, -0.2) is 19.3 Å². The van der Waals surface area contributed by atoms with Gasteiger partial charge >= 0.3 is 0 Å². The third-order valence-corrected chi connectivity index (χ3v) is 6.62. The average molecular weight is 480 g/mol. The number of likely N-dealkylation sites (N-methyl/N-ethyl adjacent to an activating group) is 1. The van der Waals surface area contributed by atoms with E-state index in [4.69, 9.17) is 4.74 Å². The number of imidazole rings is 1. The van der Waals surface area contributed by atoms with Crippen LogP contribution in [-0.2, 0) is 4.74 Å². The van der Waals surface area contributed by atoms with E-state index in [0.717, 1.165) is 38.0 Å². The molecule has 184 valence electrons. The van der Waals surface area contributed by atoms with Gasteiger partial charge < -0.3 is 24.8 Å². The number of amides is 1. The Hall–Kier alpha value is -3.37. The summed E-state index contributed by atoms with van der Waals surface area (Å²) in [5.41, 5.74) is 1.89. The number of aromatic amines is 1. The van der Waals surface area contributed by atoms with Gasteiger partial charge in [-0.3, -0.25) is 4.79 Å². The van der Waals surface area contributed by atoms with Crippen molar-refractivity contribution in [3.8, 4) is 11.4 Å². The van der Waals surface area contributed by atoms with Crippen LogP contribution >= 0.6 is 0 Å². The van der Waals surface area contributed by atoms with Crippen molar-refractivity contribution in [2.75, 3.05) is 45.2 Å². The highest BCUT2D eigenvalue weighted by Crippen LogP contribution is 2.30. The molecule has 2 aliphatic heterocycles. The molecule has 5 rings (SSSR count). The minimum Gasteiger partial charge on any atom is -0.378 e. The van der Waals surface area contributed by atoms with E-state index in [2.05, 4.69) is 37.2 Å². The van der Waals surface area contributed by atoms with Gasteiger partial charge in [0.2, 0.25) is 5.95 Å². The number of anilines is 2. The second kappa shape index (κ2) is 10.1. The molecule has 4 heterocycles. The summed E-state index contributed by atoms with van der Waals surface area (Å²) in [4.78, 5) is 33.2. The van der Waals surface area contributed by atoms with Crippen molar-refractivity contribution < 1.29 is 13.9 Å². The molecule has 1 aromatic carbocycles. The predicted octanol–water partition coefficient (Wildman–Crippen LogP) is 3.42. The summed E-state index contributed by atoms with van der Waals surface area (Å²) in [5.74, 6) is 0.759. The van der Waals surface area contributed by atoms with Crippen LogP contribution in [0, 0.1) is 5.82 Å². The Kier molecular flexibility index (Phi) is 6.74. The summed E-state index contributed by atoms with van der Waals surface area (Å²) in [7, 11) is 2.05. The van der Waals surface area contributed by atoms with Crippen molar-refractivity contribution >= 4 is 17.5 Å². The van der Waals surface area contributed by atoms with Crippen LogP contribution < -0.4 is 5.32 Å². The van der Waals surface area contributed by atoms with E-state index >= 15 is 0 Å². The highest BCUT2D eigenvalue weighted by atomic mass is 19.1. The number of halogens is 1. The summed E-state index contributed by atoms with van der Waals surface area (Å²) in [5, 5.41) is 3.10. The molecule has 2 unspecified atom stereocenters. The van der Waals surface area contributed by atoms with Gasteiger partial charge in [-0.05, 0) is 45.0 Å². The molecule has 0 aliphatic carbocycles. The zero-order valence-electron chi connectivity index (χ0n) is 20.0. The Balaban J connectivity index is 1.32. The number of hydrogen-bond acceptors (Lipinski definition) is 7. The van der Waals surface area contributed by atoms with Crippen molar-refractivity contribution in [1.82, 2.24) is 29.7 Å². The molecule has 2 saturated heterocycles. The number of aromatic nitrogens is 4. The zero-order chi connectivity index (χ0) is 24.4. The minimum atomic E-state index is -0.537. The Bertz CT molecular complexity index is 1190. The molecule has 2 aromatic heterocycles. The van der Waals surface area contributed by atoms with Crippen molar-refractivity contribution in [1.29, 1.82) is 0 Å². The largest absolute Gasteiger partial charge is 0.378 e. The van der Waals surface area contributed by atoms with Crippen molar-refractivity contribution in [3.63, 3.8) is 0 Å². The highest BCUT2D eigenvalue weighted by Gasteiger charge is 2.24. The molecule has 10 heteroatoms. The number of carbonyl (C=O) groups excluding carboxylic acids is 1. The smallest absolute Gasteiger partial charge is 0.254 e. The zero-order valence-corrected chi connectivity index (χ0v) is 20.0. The average Bonchev–Trinajstić information content (AvgIpc) is 3.36. The lowest BCUT2D eigenvalue weighted by Crippen LogP contribution is -2.47. The third-order valence-electron chi connectivity index (χ3n) is 6.62. The lowest BCUT2D eigenvalue weighted by atomic mass is 9.96. The van der Waals surface area contributed by atoms with Crippen LogP contribution in [0.5, 0.6) is 0 Å². The monoisotopic (exact) mass is 479 g/mol. The van der Waals surface area contributed by atoms with Gasteiger partial charge in [0.25, 0.3) is 5.91 Å². The number of hydrogen-bond donors (Lipinski definition) is 2. The molecule has 0 bridgehead atoms. The van der Waals surface area contributed by atoms with Gasteiger partial charge in [-0.1, -0.05) is 6.07 Å². The molecule has 1 amide bonds. The highest BCUT2D eigenvalue weighted by molar-refractivity contribution is 5.95. The summed E-state index contributed by atoms with van der Waals surface area (Å²) in [6, 6.07) is 7.21. The number of H-pyrrole nitrogens is 1. The molecule has 3 aromatic rings. The molecule has 0 spiro atoms. The van der Waals surface area contributed by atoms with Gasteiger partial charge in [-0.2, -0.15) is 0 Å². The van der Waals surface area contributed by atoms with Crippen molar-refractivity contribution in [2.24, 2.45) is 0 Å². The van der Waals surface area contributed by atoms with E-state index in [1.807, 2.05) is 24.0 Å². The molecule has 2 N–H and O–H groups in total. The number of nitrogens with one attached hydrogen (secondary N) is 2. The number of carbonyl (C=O) groups is 1. The number of ether oxygens (including phenoxy) is 1. The maximum absolute atomic E-state index is 14.6. The number of piperazine rings is 1. The fraction of sp³-hybridized carbons (Fsp3) is 0.440.